The Morgan fingerprint density at radius 2 is 1.20 bits per heavy atom. The lowest BCUT2D eigenvalue weighted by molar-refractivity contribution is 0.364. The van der Waals surface area contributed by atoms with Gasteiger partial charge in [-0.1, -0.05) is 80.1 Å². The third kappa shape index (κ3) is 5.40. The normalized spacial score (nSPS) is 20.0. The molecule has 30 heavy (non-hydrogen) atoms. The van der Waals surface area contributed by atoms with Crippen molar-refractivity contribution in [3.8, 4) is 5.75 Å². The molecular formula is C26H43O3P. The molecule has 0 spiro atoms. The van der Waals surface area contributed by atoms with E-state index >= 15 is 0 Å². The molecule has 0 amide bonds. The Balaban J connectivity index is 2.34. The van der Waals surface area contributed by atoms with Crippen LogP contribution in [0.3, 0.4) is 0 Å². The zero-order valence-corrected chi connectivity index (χ0v) is 20.9. The molecule has 0 bridgehead atoms. The Labute approximate surface area is 185 Å². The van der Waals surface area contributed by atoms with Gasteiger partial charge in [0.25, 0.3) is 0 Å². The Morgan fingerprint density at radius 1 is 0.733 bits per heavy atom. The zero-order valence-electron chi connectivity index (χ0n) is 20.1. The van der Waals surface area contributed by atoms with Crippen LogP contribution >= 0.6 is 8.60 Å². The summed E-state index contributed by atoms with van der Waals surface area (Å²) in [5.74, 6) is 1.81. The maximum atomic E-state index is 9.83. The van der Waals surface area contributed by atoms with Gasteiger partial charge < -0.3 is 14.3 Å². The Morgan fingerprint density at radius 3 is 1.63 bits per heavy atom. The average Bonchev–Trinajstić information content (AvgIpc) is 2.66. The van der Waals surface area contributed by atoms with E-state index in [1.54, 1.807) is 0 Å². The SMILES string of the molecule is CC(C)(C)c1c(OP(O)O)cc(C2CCCCC2)c(C(C)(C)C)c1C1CCCCC1. The van der Waals surface area contributed by atoms with E-state index in [0.29, 0.717) is 17.6 Å². The van der Waals surface area contributed by atoms with Crippen molar-refractivity contribution in [2.24, 2.45) is 0 Å². The molecule has 1 aromatic carbocycles. The van der Waals surface area contributed by atoms with Gasteiger partial charge in [-0.3, -0.25) is 0 Å². The van der Waals surface area contributed by atoms with Crippen LogP contribution < -0.4 is 4.52 Å². The minimum absolute atomic E-state index is 0.0429. The molecule has 1 aromatic rings. The zero-order chi connectivity index (χ0) is 22.1. The van der Waals surface area contributed by atoms with Crippen LogP contribution in [0.2, 0.25) is 0 Å². The standard InChI is InChI=1S/C26H43O3P/c1-25(2,3)23-20(18-13-9-7-10-14-18)17-21(29-30(27)28)24(26(4,5)6)22(23)19-15-11-8-12-16-19/h17-19,27-28H,7-16H2,1-6H3. The highest BCUT2D eigenvalue weighted by atomic mass is 31.2. The first-order valence-electron chi connectivity index (χ1n) is 12.1. The van der Waals surface area contributed by atoms with Crippen molar-refractivity contribution >= 4 is 8.60 Å². The molecule has 0 unspecified atom stereocenters. The monoisotopic (exact) mass is 434 g/mol. The number of rotatable bonds is 4. The van der Waals surface area contributed by atoms with E-state index in [9.17, 15) is 9.79 Å². The van der Waals surface area contributed by atoms with Gasteiger partial charge in [0.05, 0.1) is 0 Å². The Hall–Kier alpha value is -0.630. The van der Waals surface area contributed by atoms with E-state index in [4.69, 9.17) is 4.52 Å². The van der Waals surface area contributed by atoms with Crippen LogP contribution in [0.4, 0.5) is 0 Å². The van der Waals surface area contributed by atoms with Crippen LogP contribution in [0.25, 0.3) is 0 Å². The largest absolute Gasteiger partial charge is 0.427 e. The van der Waals surface area contributed by atoms with Gasteiger partial charge in [-0.25, -0.2) is 0 Å². The van der Waals surface area contributed by atoms with Crippen molar-refractivity contribution in [3.63, 3.8) is 0 Å². The van der Waals surface area contributed by atoms with Crippen molar-refractivity contribution in [2.45, 2.75) is 128 Å². The highest BCUT2D eigenvalue weighted by Gasteiger charge is 2.37. The van der Waals surface area contributed by atoms with E-state index in [1.165, 1.54) is 86.5 Å². The van der Waals surface area contributed by atoms with Crippen molar-refractivity contribution in [2.75, 3.05) is 0 Å². The molecule has 0 aliphatic heterocycles. The Kier molecular flexibility index (Phi) is 7.58. The second kappa shape index (κ2) is 9.47. The van der Waals surface area contributed by atoms with Gasteiger partial charge in [0.2, 0.25) is 0 Å². The minimum Gasteiger partial charge on any atom is -0.427 e. The molecule has 0 aromatic heterocycles. The summed E-state index contributed by atoms with van der Waals surface area (Å²) >= 11 is 0. The van der Waals surface area contributed by atoms with E-state index in [2.05, 4.69) is 47.6 Å². The summed E-state index contributed by atoms with van der Waals surface area (Å²) in [5.41, 5.74) is 5.54. The summed E-state index contributed by atoms with van der Waals surface area (Å²) in [4.78, 5) is 19.7. The summed E-state index contributed by atoms with van der Waals surface area (Å²) in [5, 5.41) is 0. The van der Waals surface area contributed by atoms with Gasteiger partial charge in [-0.2, -0.15) is 0 Å². The fourth-order valence-electron chi connectivity index (χ4n) is 6.00. The highest BCUT2D eigenvalue weighted by molar-refractivity contribution is 7.39. The van der Waals surface area contributed by atoms with Crippen LogP contribution in [0.5, 0.6) is 5.75 Å². The highest BCUT2D eigenvalue weighted by Crippen LogP contribution is 2.52. The lowest BCUT2D eigenvalue weighted by atomic mass is 9.65. The number of benzene rings is 1. The van der Waals surface area contributed by atoms with Crippen LogP contribution in [-0.4, -0.2) is 9.79 Å². The first kappa shape index (κ1) is 24.0. The van der Waals surface area contributed by atoms with E-state index < -0.39 is 8.60 Å². The molecule has 0 radical (unpaired) electrons. The summed E-state index contributed by atoms with van der Waals surface area (Å²) in [6.07, 6.45) is 12.7. The molecule has 3 nitrogen and oxygen atoms in total. The number of hydrogen-bond acceptors (Lipinski definition) is 3. The van der Waals surface area contributed by atoms with Gasteiger partial charge >= 0.3 is 8.60 Å². The van der Waals surface area contributed by atoms with E-state index in [1.807, 2.05) is 0 Å². The summed E-state index contributed by atoms with van der Waals surface area (Å²) in [6.45, 7) is 13.8. The van der Waals surface area contributed by atoms with Gasteiger partial charge in [0.15, 0.2) is 0 Å². The van der Waals surface area contributed by atoms with E-state index in [-0.39, 0.29) is 10.8 Å². The second-order valence-corrected chi connectivity index (χ2v) is 12.3. The first-order chi connectivity index (χ1) is 14.0. The van der Waals surface area contributed by atoms with Crippen LogP contribution in [-0.2, 0) is 10.8 Å². The average molecular weight is 435 g/mol. The minimum atomic E-state index is -2.44. The van der Waals surface area contributed by atoms with Crippen molar-refractivity contribution in [1.29, 1.82) is 0 Å². The lowest BCUT2D eigenvalue weighted by Crippen LogP contribution is -2.27. The van der Waals surface area contributed by atoms with Gasteiger partial charge in [0, 0.05) is 5.56 Å². The summed E-state index contributed by atoms with van der Waals surface area (Å²) < 4.78 is 5.78. The molecule has 3 rings (SSSR count). The van der Waals surface area contributed by atoms with Gasteiger partial charge in [-0.15, -0.1) is 0 Å². The van der Waals surface area contributed by atoms with Gasteiger partial charge in [0.1, 0.15) is 5.75 Å². The number of hydrogen-bond donors (Lipinski definition) is 2. The fraction of sp³-hybridized carbons (Fsp3) is 0.769. The lowest BCUT2D eigenvalue weighted by Gasteiger charge is -2.40. The topological polar surface area (TPSA) is 49.7 Å². The molecule has 170 valence electrons. The third-order valence-electron chi connectivity index (χ3n) is 7.10. The first-order valence-corrected chi connectivity index (χ1v) is 13.2. The fourth-order valence-corrected chi connectivity index (χ4v) is 6.32. The maximum Gasteiger partial charge on any atom is 0.391 e. The predicted molar refractivity (Wildman–Crippen MR) is 127 cm³/mol. The quantitative estimate of drug-likeness (QED) is 0.472. The summed E-state index contributed by atoms with van der Waals surface area (Å²) in [7, 11) is -2.44. The van der Waals surface area contributed by atoms with E-state index in [0.717, 1.165) is 0 Å². The molecule has 0 saturated heterocycles. The van der Waals surface area contributed by atoms with Crippen molar-refractivity contribution in [3.05, 3.63) is 28.3 Å². The molecular weight excluding hydrogens is 391 g/mol. The molecule has 2 aliphatic rings. The Bertz CT molecular complexity index is 715. The van der Waals surface area contributed by atoms with Crippen molar-refractivity contribution < 1.29 is 14.3 Å². The third-order valence-corrected chi connectivity index (χ3v) is 7.46. The van der Waals surface area contributed by atoms with Crippen LogP contribution in [0.15, 0.2) is 6.07 Å². The molecule has 0 heterocycles. The van der Waals surface area contributed by atoms with Gasteiger partial charge in [-0.05, 0) is 71.1 Å². The van der Waals surface area contributed by atoms with Crippen LogP contribution in [0.1, 0.15) is 140 Å². The molecule has 0 atom stereocenters. The second-order valence-electron chi connectivity index (χ2n) is 11.6. The molecule has 4 heteroatoms. The maximum absolute atomic E-state index is 9.83. The smallest absolute Gasteiger partial charge is 0.391 e. The summed E-state index contributed by atoms with van der Waals surface area (Å²) in [6, 6.07) is 2.20. The molecule has 2 aliphatic carbocycles. The van der Waals surface area contributed by atoms with Crippen LogP contribution in [0, 0.1) is 0 Å². The molecule has 2 saturated carbocycles. The van der Waals surface area contributed by atoms with Crippen molar-refractivity contribution in [1.82, 2.24) is 0 Å². The predicted octanol–water partition coefficient (Wildman–Crippen LogP) is 7.97. The molecule has 2 N–H and O–H groups in total. The molecule has 2 fully saturated rings.